The summed E-state index contributed by atoms with van der Waals surface area (Å²) in [6.07, 6.45) is 1.00. The predicted molar refractivity (Wildman–Crippen MR) is 89.5 cm³/mol. The number of rotatable bonds is 3. The molecule has 2 aromatic heterocycles. The molecule has 2 heterocycles. The number of fused-ring (bicyclic) bond motifs is 1. The molecular formula is C14H12BrN3S2. The van der Waals surface area contributed by atoms with Crippen LogP contribution in [0.5, 0.6) is 0 Å². The number of nitrogens with two attached hydrogens (primary N) is 1. The van der Waals surface area contributed by atoms with Crippen molar-refractivity contribution in [1.82, 2.24) is 9.97 Å². The molecule has 0 saturated carbocycles. The highest BCUT2D eigenvalue weighted by molar-refractivity contribution is 9.10. The third-order valence-electron chi connectivity index (χ3n) is 2.79. The van der Waals surface area contributed by atoms with Crippen LogP contribution in [0.1, 0.15) is 11.8 Å². The van der Waals surface area contributed by atoms with Gasteiger partial charge in [0.2, 0.25) is 5.95 Å². The fourth-order valence-corrected chi connectivity index (χ4v) is 4.41. The Balaban J connectivity index is 2.08. The maximum atomic E-state index is 5.82. The van der Waals surface area contributed by atoms with Crippen molar-refractivity contribution in [2.45, 2.75) is 23.3 Å². The fourth-order valence-electron chi connectivity index (χ4n) is 1.86. The van der Waals surface area contributed by atoms with Gasteiger partial charge in [-0.05, 0) is 30.7 Å². The van der Waals surface area contributed by atoms with Crippen LogP contribution >= 0.6 is 39.0 Å². The van der Waals surface area contributed by atoms with Crippen molar-refractivity contribution in [3.63, 3.8) is 0 Å². The zero-order chi connectivity index (χ0) is 14.1. The van der Waals surface area contributed by atoms with Gasteiger partial charge in [-0.15, -0.1) is 11.3 Å². The van der Waals surface area contributed by atoms with E-state index in [1.165, 1.54) is 4.88 Å². The number of nitrogen functional groups attached to an aromatic ring is 1. The van der Waals surface area contributed by atoms with Gasteiger partial charge in [-0.25, -0.2) is 9.97 Å². The van der Waals surface area contributed by atoms with Gasteiger partial charge in [-0.1, -0.05) is 40.7 Å². The molecule has 0 saturated heterocycles. The summed E-state index contributed by atoms with van der Waals surface area (Å²) < 4.78 is 1.06. The summed E-state index contributed by atoms with van der Waals surface area (Å²) >= 11 is 6.79. The smallest absolute Gasteiger partial charge is 0.222 e. The Labute approximate surface area is 133 Å². The SMILES string of the molecule is CCc1cc2c(Sc3cccc(Br)c3)nc(N)nc2s1. The summed E-state index contributed by atoms with van der Waals surface area (Å²) in [4.78, 5) is 12.1. The average molecular weight is 366 g/mol. The molecule has 0 radical (unpaired) electrons. The molecule has 0 fully saturated rings. The minimum absolute atomic E-state index is 0.333. The van der Waals surface area contributed by atoms with E-state index < -0.39 is 0 Å². The molecule has 0 amide bonds. The maximum Gasteiger partial charge on any atom is 0.222 e. The van der Waals surface area contributed by atoms with Gasteiger partial charge in [0, 0.05) is 19.6 Å². The van der Waals surface area contributed by atoms with Crippen molar-refractivity contribution in [3.8, 4) is 0 Å². The number of nitrogens with zero attached hydrogens (tertiary/aromatic N) is 2. The molecule has 0 aliphatic heterocycles. The van der Waals surface area contributed by atoms with E-state index in [9.17, 15) is 0 Å². The van der Waals surface area contributed by atoms with Crippen molar-refractivity contribution in [3.05, 3.63) is 39.7 Å². The van der Waals surface area contributed by atoms with Gasteiger partial charge in [0.1, 0.15) is 9.86 Å². The zero-order valence-corrected chi connectivity index (χ0v) is 14.0. The van der Waals surface area contributed by atoms with Crippen LogP contribution < -0.4 is 5.73 Å². The Morgan fingerprint density at radius 1 is 1.30 bits per heavy atom. The van der Waals surface area contributed by atoms with Crippen molar-refractivity contribution >= 4 is 55.2 Å². The Kier molecular flexibility index (Phi) is 3.96. The topological polar surface area (TPSA) is 51.8 Å². The summed E-state index contributed by atoms with van der Waals surface area (Å²) in [6.45, 7) is 2.14. The highest BCUT2D eigenvalue weighted by Crippen LogP contribution is 2.36. The van der Waals surface area contributed by atoms with Crippen LogP contribution in [-0.4, -0.2) is 9.97 Å². The van der Waals surface area contributed by atoms with E-state index in [0.717, 1.165) is 31.0 Å². The van der Waals surface area contributed by atoms with E-state index in [1.807, 2.05) is 12.1 Å². The van der Waals surface area contributed by atoms with E-state index in [-0.39, 0.29) is 0 Å². The first-order valence-electron chi connectivity index (χ1n) is 6.15. The van der Waals surface area contributed by atoms with E-state index >= 15 is 0 Å². The third kappa shape index (κ3) is 2.82. The minimum atomic E-state index is 0.333. The molecule has 20 heavy (non-hydrogen) atoms. The maximum absolute atomic E-state index is 5.82. The lowest BCUT2D eigenvalue weighted by molar-refractivity contribution is 1.12. The normalized spacial score (nSPS) is 11.1. The first-order chi connectivity index (χ1) is 9.65. The van der Waals surface area contributed by atoms with Crippen LogP contribution in [0.15, 0.2) is 44.7 Å². The molecule has 0 atom stereocenters. The van der Waals surface area contributed by atoms with Crippen LogP contribution in [0.3, 0.4) is 0 Å². The minimum Gasteiger partial charge on any atom is -0.368 e. The number of hydrogen-bond donors (Lipinski definition) is 1. The molecule has 1 aromatic carbocycles. The second kappa shape index (κ2) is 5.71. The lowest BCUT2D eigenvalue weighted by atomic mass is 10.3. The molecule has 0 aliphatic rings. The summed E-state index contributed by atoms with van der Waals surface area (Å²) in [6, 6.07) is 10.3. The van der Waals surface area contributed by atoms with Crippen molar-refractivity contribution in [1.29, 1.82) is 0 Å². The molecule has 0 unspecified atom stereocenters. The monoisotopic (exact) mass is 365 g/mol. The first kappa shape index (κ1) is 13.9. The quantitative estimate of drug-likeness (QED) is 0.680. The molecule has 0 spiro atoms. The Bertz CT molecular complexity index is 770. The van der Waals surface area contributed by atoms with Gasteiger partial charge in [0.15, 0.2) is 0 Å². The number of thiophene rings is 1. The van der Waals surface area contributed by atoms with Crippen LogP contribution in [-0.2, 0) is 6.42 Å². The van der Waals surface area contributed by atoms with Gasteiger partial charge in [0.05, 0.1) is 0 Å². The zero-order valence-electron chi connectivity index (χ0n) is 10.8. The molecule has 3 aromatic rings. The van der Waals surface area contributed by atoms with E-state index in [2.05, 4.69) is 51.0 Å². The number of halogens is 1. The standard InChI is InChI=1S/C14H12BrN3S2/c1-2-9-7-11-12(19-9)17-14(16)18-13(11)20-10-5-3-4-8(15)6-10/h3-7H,2H2,1H3,(H2,16,17,18). The van der Waals surface area contributed by atoms with E-state index in [4.69, 9.17) is 5.73 Å². The number of hydrogen-bond acceptors (Lipinski definition) is 5. The summed E-state index contributed by atoms with van der Waals surface area (Å²) in [5.41, 5.74) is 5.82. The van der Waals surface area contributed by atoms with Gasteiger partial charge in [0.25, 0.3) is 0 Å². The molecule has 102 valence electrons. The molecule has 2 N–H and O–H groups in total. The Hall–Kier alpha value is -1.11. The van der Waals surface area contributed by atoms with Gasteiger partial charge in [-0.3, -0.25) is 0 Å². The van der Waals surface area contributed by atoms with Crippen molar-refractivity contribution < 1.29 is 0 Å². The molecule has 6 heteroatoms. The number of benzene rings is 1. The van der Waals surface area contributed by atoms with Crippen LogP contribution in [0.2, 0.25) is 0 Å². The summed E-state index contributed by atoms with van der Waals surface area (Å²) in [5, 5.41) is 2.01. The predicted octanol–water partition coefficient (Wildman–Crippen LogP) is 4.75. The Morgan fingerprint density at radius 3 is 2.90 bits per heavy atom. The average Bonchev–Trinajstić information content (AvgIpc) is 2.82. The van der Waals surface area contributed by atoms with Crippen molar-refractivity contribution in [2.24, 2.45) is 0 Å². The van der Waals surface area contributed by atoms with E-state index in [1.54, 1.807) is 23.1 Å². The lowest BCUT2D eigenvalue weighted by Gasteiger charge is -2.03. The van der Waals surface area contributed by atoms with Crippen molar-refractivity contribution in [2.75, 3.05) is 5.73 Å². The van der Waals surface area contributed by atoms with Gasteiger partial charge >= 0.3 is 0 Å². The van der Waals surface area contributed by atoms with Crippen LogP contribution in [0.25, 0.3) is 10.2 Å². The Morgan fingerprint density at radius 2 is 2.15 bits per heavy atom. The number of anilines is 1. The summed E-state index contributed by atoms with van der Waals surface area (Å²) in [7, 11) is 0. The number of aryl methyl sites for hydroxylation is 1. The van der Waals surface area contributed by atoms with E-state index in [0.29, 0.717) is 5.95 Å². The lowest BCUT2D eigenvalue weighted by Crippen LogP contribution is -1.95. The highest BCUT2D eigenvalue weighted by Gasteiger charge is 2.11. The number of aromatic nitrogens is 2. The molecule has 3 rings (SSSR count). The molecule has 0 aliphatic carbocycles. The molecule has 0 bridgehead atoms. The fraction of sp³-hybridized carbons (Fsp3) is 0.143. The summed E-state index contributed by atoms with van der Waals surface area (Å²) in [5.74, 6) is 0.333. The highest BCUT2D eigenvalue weighted by atomic mass is 79.9. The molecular weight excluding hydrogens is 354 g/mol. The largest absolute Gasteiger partial charge is 0.368 e. The second-order valence-corrected chi connectivity index (χ2v) is 7.32. The van der Waals surface area contributed by atoms with Crippen LogP contribution in [0.4, 0.5) is 5.95 Å². The van der Waals surface area contributed by atoms with Gasteiger partial charge < -0.3 is 5.73 Å². The molecule has 3 nitrogen and oxygen atoms in total. The first-order valence-corrected chi connectivity index (χ1v) is 8.57. The van der Waals surface area contributed by atoms with Gasteiger partial charge in [-0.2, -0.15) is 0 Å². The van der Waals surface area contributed by atoms with Crippen LogP contribution in [0, 0.1) is 0 Å². The second-order valence-electron chi connectivity index (χ2n) is 4.23. The third-order valence-corrected chi connectivity index (χ3v) is 5.45.